The van der Waals surface area contributed by atoms with Crippen LogP contribution in [0.5, 0.6) is 5.75 Å². The standard InChI is InChI=1S/C23H31NO3/c1-3-8-24(15-19-6-4-5-7-20(19)27-2)21(25)14-22-10-17-9-18(11-22)13-23(26,12-17)16-22/h3-7,17-18,26H,1,8-16H2,2H3/t17-,18-,22?,23?/m0/s1. The average Bonchev–Trinajstić information content (AvgIpc) is 2.59. The van der Waals surface area contributed by atoms with Crippen LogP contribution < -0.4 is 4.74 Å². The Morgan fingerprint density at radius 2 is 2.00 bits per heavy atom. The Balaban J connectivity index is 1.50. The molecule has 4 heteroatoms. The van der Waals surface area contributed by atoms with Gasteiger partial charge >= 0.3 is 0 Å². The molecule has 1 amide bonds. The van der Waals surface area contributed by atoms with Crippen LogP contribution in [-0.4, -0.2) is 35.2 Å². The van der Waals surface area contributed by atoms with E-state index >= 15 is 0 Å². The Morgan fingerprint density at radius 1 is 1.30 bits per heavy atom. The number of ether oxygens (including phenoxy) is 1. The van der Waals surface area contributed by atoms with Gasteiger partial charge in [0.1, 0.15) is 5.75 Å². The first-order valence-electron chi connectivity index (χ1n) is 10.2. The van der Waals surface area contributed by atoms with E-state index in [-0.39, 0.29) is 11.3 Å². The molecular weight excluding hydrogens is 338 g/mol. The number of aliphatic hydroxyl groups is 1. The van der Waals surface area contributed by atoms with E-state index in [9.17, 15) is 9.90 Å². The molecule has 2 atom stereocenters. The Morgan fingerprint density at radius 3 is 2.63 bits per heavy atom. The summed E-state index contributed by atoms with van der Waals surface area (Å²) >= 11 is 0. The lowest BCUT2D eigenvalue weighted by atomic mass is 9.47. The van der Waals surface area contributed by atoms with Crippen molar-refractivity contribution in [1.82, 2.24) is 4.90 Å². The number of para-hydroxylation sites is 1. The van der Waals surface area contributed by atoms with E-state index < -0.39 is 5.60 Å². The van der Waals surface area contributed by atoms with Crippen molar-refractivity contribution in [1.29, 1.82) is 0 Å². The van der Waals surface area contributed by atoms with Gasteiger partial charge in [0, 0.05) is 25.1 Å². The van der Waals surface area contributed by atoms with Gasteiger partial charge in [-0.2, -0.15) is 0 Å². The summed E-state index contributed by atoms with van der Waals surface area (Å²) in [6.07, 6.45) is 8.48. The number of carbonyl (C=O) groups is 1. The van der Waals surface area contributed by atoms with Gasteiger partial charge in [0.2, 0.25) is 5.91 Å². The van der Waals surface area contributed by atoms with Gasteiger partial charge in [0.05, 0.1) is 12.7 Å². The van der Waals surface area contributed by atoms with Crippen molar-refractivity contribution >= 4 is 5.91 Å². The maximum Gasteiger partial charge on any atom is 0.223 e. The number of hydrogen-bond acceptors (Lipinski definition) is 3. The number of methoxy groups -OCH3 is 1. The van der Waals surface area contributed by atoms with E-state index in [1.165, 1.54) is 6.42 Å². The monoisotopic (exact) mass is 369 g/mol. The summed E-state index contributed by atoms with van der Waals surface area (Å²) < 4.78 is 5.45. The quantitative estimate of drug-likeness (QED) is 0.741. The van der Waals surface area contributed by atoms with Gasteiger partial charge in [0.25, 0.3) is 0 Å². The van der Waals surface area contributed by atoms with Crippen LogP contribution in [0.25, 0.3) is 0 Å². The minimum Gasteiger partial charge on any atom is -0.496 e. The molecule has 0 aromatic heterocycles. The molecule has 1 aromatic rings. The van der Waals surface area contributed by atoms with Crippen LogP contribution in [0.3, 0.4) is 0 Å². The summed E-state index contributed by atoms with van der Waals surface area (Å²) in [4.78, 5) is 15.2. The largest absolute Gasteiger partial charge is 0.496 e. The van der Waals surface area contributed by atoms with Crippen LogP contribution in [0.1, 0.15) is 50.5 Å². The summed E-state index contributed by atoms with van der Waals surface area (Å²) in [5, 5.41) is 11.0. The van der Waals surface area contributed by atoms with E-state index in [0.29, 0.717) is 31.3 Å². The minimum absolute atomic E-state index is 0.00386. The van der Waals surface area contributed by atoms with Gasteiger partial charge in [-0.3, -0.25) is 4.79 Å². The number of carbonyl (C=O) groups excluding carboxylic acids is 1. The summed E-state index contributed by atoms with van der Waals surface area (Å²) in [6.45, 7) is 4.90. The molecule has 27 heavy (non-hydrogen) atoms. The number of hydrogen-bond donors (Lipinski definition) is 1. The molecule has 0 radical (unpaired) electrons. The third-order valence-corrected chi connectivity index (χ3v) is 6.93. The van der Waals surface area contributed by atoms with E-state index in [1.54, 1.807) is 13.2 Å². The zero-order valence-corrected chi connectivity index (χ0v) is 16.3. The lowest BCUT2D eigenvalue weighted by Gasteiger charge is -2.60. The fraction of sp³-hybridized carbons (Fsp3) is 0.609. The van der Waals surface area contributed by atoms with Crippen molar-refractivity contribution in [2.45, 2.75) is 57.1 Å². The molecule has 4 aliphatic carbocycles. The maximum atomic E-state index is 13.3. The van der Waals surface area contributed by atoms with Crippen molar-refractivity contribution in [2.24, 2.45) is 17.3 Å². The van der Waals surface area contributed by atoms with E-state index in [1.807, 2.05) is 29.2 Å². The smallest absolute Gasteiger partial charge is 0.223 e. The maximum absolute atomic E-state index is 13.3. The van der Waals surface area contributed by atoms with Gasteiger partial charge in [-0.15, -0.1) is 6.58 Å². The second kappa shape index (κ2) is 6.97. The summed E-state index contributed by atoms with van der Waals surface area (Å²) in [6, 6.07) is 7.86. The Labute approximate surface area is 162 Å². The summed E-state index contributed by atoms with van der Waals surface area (Å²) in [7, 11) is 1.66. The lowest BCUT2D eigenvalue weighted by Crippen LogP contribution is -2.56. The second-order valence-electron chi connectivity index (χ2n) is 9.24. The van der Waals surface area contributed by atoms with Gasteiger partial charge in [-0.1, -0.05) is 24.3 Å². The first-order valence-corrected chi connectivity index (χ1v) is 10.2. The zero-order valence-electron chi connectivity index (χ0n) is 16.3. The Hall–Kier alpha value is -1.81. The fourth-order valence-electron chi connectivity index (χ4n) is 6.49. The molecule has 0 spiro atoms. The molecule has 146 valence electrons. The highest BCUT2D eigenvalue weighted by molar-refractivity contribution is 5.77. The number of benzene rings is 1. The molecule has 4 saturated carbocycles. The van der Waals surface area contributed by atoms with E-state index in [2.05, 4.69) is 6.58 Å². The number of nitrogens with zero attached hydrogens (tertiary/aromatic N) is 1. The van der Waals surface area contributed by atoms with Crippen molar-refractivity contribution in [3.63, 3.8) is 0 Å². The van der Waals surface area contributed by atoms with Crippen molar-refractivity contribution in [3.8, 4) is 5.75 Å². The second-order valence-corrected chi connectivity index (χ2v) is 9.24. The summed E-state index contributed by atoms with van der Waals surface area (Å²) in [5.41, 5.74) is 0.492. The van der Waals surface area contributed by atoms with Crippen molar-refractivity contribution in [3.05, 3.63) is 42.5 Å². The molecule has 0 heterocycles. The molecule has 5 rings (SSSR count). The molecule has 1 N–H and O–H groups in total. The predicted molar refractivity (Wildman–Crippen MR) is 105 cm³/mol. The molecule has 0 unspecified atom stereocenters. The van der Waals surface area contributed by atoms with E-state index in [4.69, 9.17) is 4.74 Å². The van der Waals surface area contributed by atoms with Gasteiger partial charge in [-0.25, -0.2) is 0 Å². The SMILES string of the molecule is C=CCN(Cc1ccccc1OC)C(=O)CC12C[C@@H]3C[C@H](CC(O)(C3)C1)C2. The molecule has 0 saturated heterocycles. The molecule has 4 aliphatic rings. The minimum atomic E-state index is -0.518. The fourth-order valence-corrected chi connectivity index (χ4v) is 6.49. The molecule has 4 fully saturated rings. The highest BCUT2D eigenvalue weighted by Crippen LogP contribution is 2.62. The van der Waals surface area contributed by atoms with Gasteiger partial charge in [0.15, 0.2) is 0 Å². The molecular formula is C23H31NO3. The van der Waals surface area contributed by atoms with Crippen LogP contribution >= 0.6 is 0 Å². The molecule has 4 nitrogen and oxygen atoms in total. The summed E-state index contributed by atoms with van der Waals surface area (Å²) in [5.74, 6) is 2.19. The van der Waals surface area contributed by atoms with Gasteiger partial charge in [-0.05, 0) is 61.8 Å². The first kappa shape index (κ1) is 18.5. The highest BCUT2D eigenvalue weighted by Gasteiger charge is 2.57. The van der Waals surface area contributed by atoms with Crippen LogP contribution in [-0.2, 0) is 11.3 Å². The lowest BCUT2D eigenvalue weighted by molar-refractivity contribution is -0.172. The van der Waals surface area contributed by atoms with E-state index in [0.717, 1.165) is 43.4 Å². The number of amides is 1. The highest BCUT2D eigenvalue weighted by atomic mass is 16.5. The first-order chi connectivity index (χ1) is 12.9. The van der Waals surface area contributed by atoms with Crippen LogP contribution in [0, 0.1) is 17.3 Å². The number of rotatable bonds is 7. The third kappa shape index (κ3) is 3.64. The Kier molecular flexibility index (Phi) is 4.79. The topological polar surface area (TPSA) is 49.8 Å². The van der Waals surface area contributed by atoms with Crippen LogP contribution in [0.15, 0.2) is 36.9 Å². The van der Waals surface area contributed by atoms with Gasteiger partial charge < -0.3 is 14.7 Å². The molecule has 4 bridgehead atoms. The average molecular weight is 370 g/mol. The van der Waals surface area contributed by atoms with Crippen molar-refractivity contribution in [2.75, 3.05) is 13.7 Å². The Bertz CT molecular complexity index is 714. The normalized spacial score (nSPS) is 33.7. The van der Waals surface area contributed by atoms with Crippen LogP contribution in [0.4, 0.5) is 0 Å². The zero-order chi connectivity index (χ0) is 19.1. The third-order valence-electron chi connectivity index (χ3n) is 6.93. The predicted octanol–water partition coefficient (Wildman–Crippen LogP) is 3.93. The molecule has 0 aliphatic heterocycles. The molecule has 1 aromatic carbocycles. The van der Waals surface area contributed by atoms with Crippen molar-refractivity contribution < 1.29 is 14.6 Å². The van der Waals surface area contributed by atoms with Crippen LogP contribution in [0.2, 0.25) is 0 Å².